The van der Waals surface area contributed by atoms with Gasteiger partial charge in [0.2, 0.25) is 5.91 Å². The fourth-order valence-electron chi connectivity index (χ4n) is 4.24. The minimum Gasteiger partial charge on any atom is -0.497 e. The third kappa shape index (κ3) is 6.46. The van der Waals surface area contributed by atoms with Crippen LogP contribution in [0.1, 0.15) is 26.3 Å². The molecular weight excluding hydrogens is 442 g/mol. The van der Waals surface area contributed by atoms with Crippen LogP contribution in [0, 0.1) is 0 Å². The molecule has 0 radical (unpaired) electrons. The molecule has 1 fully saturated rings. The second-order valence-corrected chi connectivity index (χ2v) is 9.28. The summed E-state index contributed by atoms with van der Waals surface area (Å²) in [6, 6.07) is 16.5. The van der Waals surface area contributed by atoms with E-state index in [-0.39, 0.29) is 18.5 Å². The summed E-state index contributed by atoms with van der Waals surface area (Å²) >= 11 is 0. The first-order valence-electron chi connectivity index (χ1n) is 12.2. The number of carbonyl (C=O) groups is 1. The van der Waals surface area contributed by atoms with Crippen LogP contribution in [0.2, 0.25) is 0 Å². The second kappa shape index (κ2) is 11.5. The van der Waals surface area contributed by atoms with Crippen molar-refractivity contribution < 1.29 is 14.3 Å². The number of amides is 1. The highest BCUT2D eigenvalue weighted by atomic mass is 16.5. The number of ether oxygens (including phenoxy) is 2. The predicted octanol–water partition coefficient (Wildman–Crippen LogP) is 3.41. The standard InChI is InChI=1S/C27H35N5O3/c1-19(2)28-25(33)17-32-27(23-6-5-7-24(16-23)34-4)29-26(30-32)22-10-8-21(9-11-22)12-13-31-14-15-35-18-20(31)3/h5-11,16,19-20H,12-15,17-18H2,1-4H3,(H,28,33). The largest absolute Gasteiger partial charge is 0.497 e. The molecule has 1 aromatic heterocycles. The summed E-state index contributed by atoms with van der Waals surface area (Å²) in [6.07, 6.45) is 0.983. The van der Waals surface area contributed by atoms with Crippen LogP contribution < -0.4 is 10.1 Å². The highest BCUT2D eigenvalue weighted by molar-refractivity contribution is 5.77. The van der Waals surface area contributed by atoms with Crippen molar-refractivity contribution >= 4 is 5.91 Å². The van der Waals surface area contributed by atoms with Crippen LogP contribution in [0.15, 0.2) is 48.5 Å². The number of rotatable bonds is 9. The normalized spacial score (nSPS) is 16.4. The molecule has 8 heteroatoms. The quantitative estimate of drug-likeness (QED) is 0.509. The summed E-state index contributed by atoms with van der Waals surface area (Å²) in [4.78, 5) is 19.8. The zero-order chi connectivity index (χ0) is 24.8. The molecular formula is C27H35N5O3. The fraction of sp³-hybridized carbons (Fsp3) is 0.444. The van der Waals surface area contributed by atoms with Gasteiger partial charge in [0.15, 0.2) is 11.6 Å². The van der Waals surface area contributed by atoms with Gasteiger partial charge in [0, 0.05) is 36.3 Å². The van der Waals surface area contributed by atoms with Crippen LogP contribution in [-0.4, -0.2) is 71.1 Å². The smallest absolute Gasteiger partial charge is 0.242 e. The monoisotopic (exact) mass is 477 g/mol. The minimum absolute atomic E-state index is 0.0544. The van der Waals surface area contributed by atoms with Gasteiger partial charge in [-0.2, -0.15) is 0 Å². The molecule has 0 bridgehead atoms. The fourth-order valence-corrected chi connectivity index (χ4v) is 4.24. The van der Waals surface area contributed by atoms with Gasteiger partial charge in [0.1, 0.15) is 12.3 Å². The third-order valence-electron chi connectivity index (χ3n) is 6.15. The Morgan fingerprint density at radius 3 is 2.71 bits per heavy atom. The Bertz CT molecular complexity index is 1130. The molecule has 8 nitrogen and oxygen atoms in total. The van der Waals surface area contributed by atoms with Gasteiger partial charge >= 0.3 is 0 Å². The summed E-state index contributed by atoms with van der Waals surface area (Å²) < 4.78 is 12.6. The zero-order valence-electron chi connectivity index (χ0n) is 21.0. The van der Waals surface area contributed by atoms with Crippen LogP contribution >= 0.6 is 0 Å². The Labute approximate surface area is 207 Å². The molecule has 1 atom stereocenters. The van der Waals surface area contributed by atoms with Crippen LogP contribution in [0.25, 0.3) is 22.8 Å². The van der Waals surface area contributed by atoms with Crippen molar-refractivity contribution in [3.05, 3.63) is 54.1 Å². The average Bonchev–Trinajstić information content (AvgIpc) is 3.27. The summed E-state index contributed by atoms with van der Waals surface area (Å²) in [5.41, 5.74) is 3.04. The van der Waals surface area contributed by atoms with Crippen molar-refractivity contribution in [2.24, 2.45) is 0 Å². The molecule has 1 aliphatic heterocycles. The molecule has 3 aromatic rings. The maximum atomic E-state index is 12.5. The Morgan fingerprint density at radius 1 is 1.20 bits per heavy atom. The first-order chi connectivity index (χ1) is 16.9. The van der Waals surface area contributed by atoms with E-state index >= 15 is 0 Å². The number of hydrogen-bond acceptors (Lipinski definition) is 6. The second-order valence-electron chi connectivity index (χ2n) is 9.28. The number of hydrogen-bond donors (Lipinski definition) is 1. The van der Waals surface area contributed by atoms with Gasteiger partial charge in [0.05, 0.1) is 20.3 Å². The molecule has 1 saturated heterocycles. The minimum atomic E-state index is -0.103. The molecule has 4 rings (SSSR count). The molecule has 0 aliphatic carbocycles. The van der Waals surface area contributed by atoms with Crippen molar-refractivity contribution in [2.75, 3.05) is 33.4 Å². The lowest BCUT2D eigenvalue weighted by Gasteiger charge is -2.33. The SMILES string of the molecule is COc1cccc(-c2nc(-c3ccc(CCN4CCOCC4C)cc3)nn2CC(=O)NC(C)C)c1. The van der Waals surface area contributed by atoms with Crippen molar-refractivity contribution in [3.63, 3.8) is 0 Å². The highest BCUT2D eigenvalue weighted by Gasteiger charge is 2.19. The number of methoxy groups -OCH3 is 1. The summed E-state index contributed by atoms with van der Waals surface area (Å²) in [7, 11) is 1.63. The van der Waals surface area contributed by atoms with Crippen molar-refractivity contribution in [1.29, 1.82) is 0 Å². The topological polar surface area (TPSA) is 81.5 Å². The van der Waals surface area contributed by atoms with E-state index in [4.69, 9.17) is 19.6 Å². The molecule has 0 spiro atoms. The zero-order valence-corrected chi connectivity index (χ0v) is 21.0. The molecule has 2 heterocycles. The Kier molecular flexibility index (Phi) is 8.15. The van der Waals surface area contributed by atoms with Crippen LogP contribution in [0.4, 0.5) is 0 Å². The van der Waals surface area contributed by atoms with Gasteiger partial charge in [-0.3, -0.25) is 9.69 Å². The van der Waals surface area contributed by atoms with Gasteiger partial charge in [-0.25, -0.2) is 9.67 Å². The van der Waals surface area contributed by atoms with Gasteiger partial charge < -0.3 is 14.8 Å². The van der Waals surface area contributed by atoms with E-state index in [1.54, 1.807) is 11.8 Å². The number of benzene rings is 2. The van der Waals surface area contributed by atoms with E-state index in [2.05, 4.69) is 41.4 Å². The molecule has 0 saturated carbocycles. The van der Waals surface area contributed by atoms with E-state index in [0.29, 0.717) is 17.7 Å². The van der Waals surface area contributed by atoms with Crippen molar-refractivity contribution in [3.8, 4) is 28.5 Å². The predicted molar refractivity (Wildman–Crippen MR) is 136 cm³/mol. The number of carbonyl (C=O) groups excluding carboxylic acids is 1. The van der Waals surface area contributed by atoms with Crippen LogP contribution in [0.3, 0.4) is 0 Å². The summed E-state index contributed by atoms with van der Waals surface area (Å²) in [5, 5.41) is 7.63. The van der Waals surface area contributed by atoms with E-state index in [1.807, 2.05) is 38.1 Å². The molecule has 1 aliphatic rings. The lowest BCUT2D eigenvalue weighted by atomic mass is 10.1. The number of nitrogens with zero attached hydrogens (tertiary/aromatic N) is 4. The summed E-state index contributed by atoms with van der Waals surface area (Å²) in [6.45, 7) is 9.79. The number of nitrogens with one attached hydrogen (secondary N) is 1. The summed E-state index contributed by atoms with van der Waals surface area (Å²) in [5.74, 6) is 1.84. The maximum absolute atomic E-state index is 12.5. The lowest BCUT2D eigenvalue weighted by Crippen LogP contribution is -2.44. The first kappa shape index (κ1) is 24.9. The molecule has 1 unspecified atom stereocenters. The van der Waals surface area contributed by atoms with Gasteiger partial charge in [0.25, 0.3) is 0 Å². The van der Waals surface area contributed by atoms with E-state index in [9.17, 15) is 4.79 Å². The van der Waals surface area contributed by atoms with Gasteiger partial charge in [-0.1, -0.05) is 36.4 Å². The maximum Gasteiger partial charge on any atom is 0.242 e. The number of morpholine rings is 1. The average molecular weight is 478 g/mol. The van der Waals surface area contributed by atoms with Crippen LogP contribution in [0.5, 0.6) is 5.75 Å². The molecule has 35 heavy (non-hydrogen) atoms. The van der Waals surface area contributed by atoms with E-state index < -0.39 is 0 Å². The Hall–Kier alpha value is -3.23. The van der Waals surface area contributed by atoms with Crippen LogP contribution in [-0.2, 0) is 22.5 Å². The molecule has 186 valence electrons. The Balaban J connectivity index is 1.55. The molecule has 1 amide bonds. The molecule has 2 aromatic carbocycles. The highest BCUT2D eigenvalue weighted by Crippen LogP contribution is 2.26. The van der Waals surface area contributed by atoms with Crippen molar-refractivity contribution in [2.45, 2.75) is 45.8 Å². The number of aromatic nitrogens is 3. The van der Waals surface area contributed by atoms with Crippen molar-refractivity contribution in [1.82, 2.24) is 25.0 Å². The lowest BCUT2D eigenvalue weighted by molar-refractivity contribution is -0.122. The van der Waals surface area contributed by atoms with Gasteiger partial charge in [-0.15, -0.1) is 5.10 Å². The first-order valence-corrected chi connectivity index (χ1v) is 12.2. The van der Waals surface area contributed by atoms with E-state index in [1.165, 1.54) is 5.56 Å². The van der Waals surface area contributed by atoms with Gasteiger partial charge in [-0.05, 0) is 44.9 Å². The third-order valence-corrected chi connectivity index (χ3v) is 6.15. The van der Waals surface area contributed by atoms with E-state index in [0.717, 1.165) is 49.6 Å². The Morgan fingerprint density at radius 2 is 2.00 bits per heavy atom. The molecule has 1 N–H and O–H groups in total.